The number of nitrogens with zero attached hydrogens (tertiary/aromatic N) is 5. The number of rotatable bonds is 7. The number of nitrogens with one attached hydrogen (secondary N) is 2. The van der Waals surface area contributed by atoms with Crippen LogP contribution in [-0.2, 0) is 21.9 Å². The Morgan fingerprint density at radius 2 is 1.89 bits per heavy atom. The summed E-state index contributed by atoms with van der Waals surface area (Å²) in [6.45, 7) is 6.30. The summed E-state index contributed by atoms with van der Waals surface area (Å²) in [4.78, 5) is 25.3. The molecule has 3 aromatic heterocycles. The van der Waals surface area contributed by atoms with Crippen LogP contribution in [-0.4, -0.2) is 59.5 Å². The molecule has 0 bridgehead atoms. The maximum absolute atomic E-state index is 12.5. The molecule has 0 aliphatic heterocycles. The van der Waals surface area contributed by atoms with Gasteiger partial charge in [-0.1, -0.05) is 43.3 Å². The molecule has 4 rings (SSSR count). The number of carbonyl (C=O) groups is 1. The second-order valence-corrected chi connectivity index (χ2v) is 12.5. The first-order valence-electron chi connectivity index (χ1n) is 11.1. The molecule has 2 amide bonds. The zero-order valence-electron chi connectivity index (χ0n) is 20.6. The van der Waals surface area contributed by atoms with Gasteiger partial charge in [0.25, 0.3) is 0 Å². The lowest BCUT2D eigenvalue weighted by molar-refractivity contribution is 0.252. The van der Waals surface area contributed by atoms with Crippen molar-refractivity contribution in [2.45, 2.75) is 37.5 Å². The van der Waals surface area contributed by atoms with Crippen LogP contribution in [0, 0.1) is 0 Å². The van der Waals surface area contributed by atoms with E-state index in [2.05, 4.69) is 30.7 Å². The molecule has 0 saturated carbocycles. The van der Waals surface area contributed by atoms with E-state index in [9.17, 15) is 13.2 Å². The van der Waals surface area contributed by atoms with Crippen LogP contribution in [0.2, 0.25) is 0 Å². The molecule has 1 aromatic carbocycles. The van der Waals surface area contributed by atoms with Gasteiger partial charge in [0.2, 0.25) is 15.9 Å². The predicted octanol–water partition coefficient (Wildman–Crippen LogP) is 3.65. The van der Waals surface area contributed by atoms with Crippen molar-refractivity contribution in [2.24, 2.45) is 0 Å². The SMILES string of the molecule is CN(C)S(=O)(=O)c1cncc(-c2ccc3nc(NC(=O)NCCc4noc(C(C)(C)C)n4)sc3c2)c1. The molecule has 3 heterocycles. The lowest BCUT2D eigenvalue weighted by Crippen LogP contribution is -2.30. The fourth-order valence-electron chi connectivity index (χ4n) is 3.18. The first kappa shape index (κ1) is 25.7. The molecular weight excluding hydrogens is 502 g/mol. The molecule has 0 aliphatic rings. The molecule has 190 valence electrons. The molecule has 13 heteroatoms. The molecule has 0 aliphatic carbocycles. The van der Waals surface area contributed by atoms with Crippen LogP contribution in [0.25, 0.3) is 21.3 Å². The zero-order chi connectivity index (χ0) is 26.1. The summed E-state index contributed by atoms with van der Waals surface area (Å²) >= 11 is 1.32. The van der Waals surface area contributed by atoms with Gasteiger partial charge in [0, 0.05) is 50.4 Å². The smallest absolute Gasteiger partial charge is 0.321 e. The normalized spacial score (nSPS) is 12.3. The van der Waals surface area contributed by atoms with Crippen molar-refractivity contribution in [1.29, 1.82) is 0 Å². The van der Waals surface area contributed by atoms with Crippen LogP contribution in [0.4, 0.5) is 9.93 Å². The first-order valence-corrected chi connectivity index (χ1v) is 13.4. The van der Waals surface area contributed by atoms with E-state index in [1.165, 1.54) is 31.6 Å². The standard InChI is InChI=1S/C23H27N7O4S2/c1-23(2,3)20-27-19(29-34-20)8-9-25-21(31)28-22-26-17-7-6-14(11-18(17)35-22)15-10-16(13-24-12-15)36(32,33)30(4)5/h6-7,10-13H,8-9H2,1-5H3,(H2,25,26,28,31). The van der Waals surface area contributed by atoms with Crippen LogP contribution >= 0.6 is 11.3 Å². The van der Waals surface area contributed by atoms with E-state index in [0.717, 1.165) is 14.6 Å². The molecule has 36 heavy (non-hydrogen) atoms. The Bertz CT molecular complexity index is 1500. The highest BCUT2D eigenvalue weighted by Gasteiger charge is 2.22. The van der Waals surface area contributed by atoms with Gasteiger partial charge in [-0.3, -0.25) is 10.3 Å². The Balaban J connectivity index is 1.41. The quantitative estimate of drug-likeness (QED) is 0.369. The summed E-state index contributed by atoms with van der Waals surface area (Å²) in [5.41, 5.74) is 1.94. The van der Waals surface area contributed by atoms with Gasteiger partial charge in [0.05, 0.1) is 10.2 Å². The van der Waals surface area contributed by atoms with Gasteiger partial charge in [0.1, 0.15) is 4.90 Å². The van der Waals surface area contributed by atoms with E-state index >= 15 is 0 Å². The number of sulfonamides is 1. The van der Waals surface area contributed by atoms with E-state index < -0.39 is 10.0 Å². The van der Waals surface area contributed by atoms with Gasteiger partial charge in [0.15, 0.2) is 11.0 Å². The Morgan fingerprint density at radius 3 is 2.58 bits per heavy atom. The highest BCUT2D eigenvalue weighted by Crippen LogP contribution is 2.31. The van der Waals surface area contributed by atoms with E-state index in [-0.39, 0.29) is 16.3 Å². The number of hydrogen-bond donors (Lipinski definition) is 2. The lowest BCUT2D eigenvalue weighted by Gasteiger charge is -2.11. The molecule has 4 aromatic rings. The minimum absolute atomic E-state index is 0.115. The molecule has 0 atom stereocenters. The lowest BCUT2D eigenvalue weighted by atomic mass is 9.97. The molecule has 0 spiro atoms. The number of thiazole rings is 1. The molecule has 2 N–H and O–H groups in total. The summed E-state index contributed by atoms with van der Waals surface area (Å²) in [6.07, 6.45) is 3.37. The fraction of sp³-hybridized carbons (Fsp3) is 0.348. The van der Waals surface area contributed by atoms with Gasteiger partial charge in [-0.25, -0.2) is 22.5 Å². The number of anilines is 1. The maximum Gasteiger partial charge on any atom is 0.321 e. The van der Waals surface area contributed by atoms with Crippen LogP contribution < -0.4 is 10.6 Å². The fourth-order valence-corrected chi connectivity index (χ4v) is 4.97. The average Bonchev–Trinajstić information content (AvgIpc) is 3.45. The van der Waals surface area contributed by atoms with E-state index in [4.69, 9.17) is 4.52 Å². The van der Waals surface area contributed by atoms with Crippen LogP contribution in [0.5, 0.6) is 0 Å². The molecule has 0 fully saturated rings. The third-order valence-corrected chi connectivity index (χ3v) is 7.89. The maximum atomic E-state index is 12.5. The van der Waals surface area contributed by atoms with Crippen molar-refractivity contribution in [3.63, 3.8) is 0 Å². The van der Waals surface area contributed by atoms with Gasteiger partial charge in [-0.2, -0.15) is 4.98 Å². The topological polar surface area (TPSA) is 143 Å². The number of aromatic nitrogens is 4. The number of carbonyl (C=O) groups excluding carboxylic acids is 1. The summed E-state index contributed by atoms with van der Waals surface area (Å²) in [5, 5.41) is 9.89. The molecular formula is C23H27N7O4S2. The number of fused-ring (bicyclic) bond motifs is 1. The molecule has 11 nitrogen and oxygen atoms in total. The molecule has 0 unspecified atom stereocenters. The summed E-state index contributed by atoms with van der Waals surface area (Å²) < 4.78 is 32.1. The van der Waals surface area contributed by atoms with E-state index in [1.807, 2.05) is 39.0 Å². The number of benzene rings is 1. The Hall–Kier alpha value is -3.42. The number of hydrogen-bond acceptors (Lipinski definition) is 9. The summed E-state index contributed by atoms with van der Waals surface area (Å²) in [6, 6.07) is 6.75. The van der Waals surface area contributed by atoms with Gasteiger partial charge in [-0.15, -0.1) is 0 Å². The van der Waals surface area contributed by atoms with E-state index in [1.54, 1.807) is 12.3 Å². The second-order valence-electron chi connectivity index (χ2n) is 9.29. The molecule has 0 radical (unpaired) electrons. The Morgan fingerprint density at radius 1 is 1.11 bits per heavy atom. The van der Waals surface area contributed by atoms with Crippen molar-refractivity contribution in [3.8, 4) is 11.1 Å². The van der Waals surface area contributed by atoms with Crippen molar-refractivity contribution in [2.75, 3.05) is 26.0 Å². The molecule has 0 saturated heterocycles. The average molecular weight is 530 g/mol. The minimum atomic E-state index is -3.60. The number of pyridine rings is 1. The van der Waals surface area contributed by atoms with Crippen molar-refractivity contribution in [3.05, 3.63) is 48.4 Å². The van der Waals surface area contributed by atoms with Gasteiger partial charge in [-0.05, 0) is 23.8 Å². The highest BCUT2D eigenvalue weighted by atomic mass is 32.2. The van der Waals surface area contributed by atoms with Crippen LogP contribution in [0.15, 0.2) is 46.1 Å². The van der Waals surface area contributed by atoms with Crippen LogP contribution in [0.1, 0.15) is 32.5 Å². The van der Waals surface area contributed by atoms with Crippen molar-refractivity contribution < 1.29 is 17.7 Å². The Labute approximate surface area is 213 Å². The van der Waals surface area contributed by atoms with Gasteiger partial charge >= 0.3 is 6.03 Å². The minimum Gasteiger partial charge on any atom is -0.339 e. The zero-order valence-corrected chi connectivity index (χ0v) is 22.2. The summed E-state index contributed by atoms with van der Waals surface area (Å²) in [7, 11) is -0.644. The second kappa shape index (κ2) is 9.91. The first-order chi connectivity index (χ1) is 16.9. The highest BCUT2D eigenvalue weighted by molar-refractivity contribution is 7.89. The summed E-state index contributed by atoms with van der Waals surface area (Å²) in [5.74, 6) is 1.09. The number of urea groups is 1. The van der Waals surface area contributed by atoms with Gasteiger partial charge < -0.3 is 9.84 Å². The number of amides is 2. The Kier molecular flexibility index (Phi) is 7.07. The largest absolute Gasteiger partial charge is 0.339 e. The third kappa shape index (κ3) is 5.69. The predicted molar refractivity (Wildman–Crippen MR) is 137 cm³/mol. The van der Waals surface area contributed by atoms with Crippen molar-refractivity contribution in [1.82, 2.24) is 29.7 Å². The van der Waals surface area contributed by atoms with E-state index in [0.29, 0.717) is 40.9 Å². The van der Waals surface area contributed by atoms with Crippen LogP contribution in [0.3, 0.4) is 0 Å². The monoisotopic (exact) mass is 529 g/mol. The van der Waals surface area contributed by atoms with Crippen molar-refractivity contribution >= 4 is 42.7 Å². The third-order valence-electron chi connectivity index (χ3n) is 5.18.